The Labute approximate surface area is 194 Å². The van der Waals surface area contributed by atoms with Gasteiger partial charge < -0.3 is 10.1 Å². The van der Waals surface area contributed by atoms with E-state index in [9.17, 15) is 13.2 Å². The van der Waals surface area contributed by atoms with Crippen LogP contribution in [0.3, 0.4) is 0 Å². The number of halogens is 2. The number of carbonyl (C=O) groups excluding carboxylic acids is 1. The third-order valence-corrected chi connectivity index (χ3v) is 6.43. The summed E-state index contributed by atoms with van der Waals surface area (Å²) in [5.41, 5.74) is 2.88. The molecule has 0 spiro atoms. The zero-order chi connectivity index (χ0) is 22.6. The lowest BCUT2D eigenvalue weighted by atomic mass is 10.1. The van der Waals surface area contributed by atoms with E-state index < -0.39 is 10.0 Å². The highest BCUT2D eigenvalue weighted by molar-refractivity contribution is 9.10. The summed E-state index contributed by atoms with van der Waals surface area (Å²) in [5, 5.41) is 3.21. The number of ether oxygens (including phenoxy) is 1. The largest absolute Gasteiger partial charge is 0.483 e. The summed E-state index contributed by atoms with van der Waals surface area (Å²) in [6, 6.07) is 16.4. The lowest BCUT2D eigenvalue weighted by molar-refractivity contribution is -0.118. The molecule has 3 aromatic carbocycles. The van der Waals surface area contributed by atoms with Crippen molar-refractivity contribution >= 4 is 54.8 Å². The molecular weight excluding hydrogens is 504 g/mol. The van der Waals surface area contributed by atoms with E-state index in [1.165, 1.54) is 24.3 Å². The molecule has 3 aromatic rings. The monoisotopic (exact) mass is 522 g/mol. The molecule has 0 saturated heterocycles. The summed E-state index contributed by atoms with van der Waals surface area (Å²) in [5.74, 6) is 0.101. The SMILES string of the molecule is Cc1cc(C)cc(NS(=O)(=O)c2ccc(NC(=O)COc3ccc(Cl)cc3Br)cc2)c1. The Bertz CT molecular complexity index is 1190. The number of rotatable bonds is 7. The molecule has 0 fully saturated rings. The molecule has 31 heavy (non-hydrogen) atoms. The Kier molecular flexibility index (Phi) is 7.25. The maximum absolute atomic E-state index is 12.6. The molecule has 3 rings (SSSR count). The zero-order valence-corrected chi connectivity index (χ0v) is 19.9. The second-order valence-electron chi connectivity index (χ2n) is 6.92. The van der Waals surface area contributed by atoms with Gasteiger partial charge in [0.05, 0.1) is 9.37 Å². The molecule has 0 atom stereocenters. The third-order valence-electron chi connectivity index (χ3n) is 4.17. The van der Waals surface area contributed by atoms with Crippen LogP contribution in [0.4, 0.5) is 11.4 Å². The smallest absolute Gasteiger partial charge is 0.262 e. The highest BCUT2D eigenvalue weighted by Gasteiger charge is 2.15. The normalized spacial score (nSPS) is 11.1. The first kappa shape index (κ1) is 23.1. The molecule has 0 bridgehead atoms. The fourth-order valence-electron chi connectivity index (χ4n) is 2.90. The van der Waals surface area contributed by atoms with Crippen LogP contribution in [0.5, 0.6) is 5.75 Å². The zero-order valence-electron chi connectivity index (χ0n) is 16.8. The van der Waals surface area contributed by atoms with Gasteiger partial charge in [-0.25, -0.2) is 8.42 Å². The fraction of sp³-hybridized carbons (Fsp3) is 0.136. The average molecular weight is 524 g/mol. The minimum absolute atomic E-state index is 0.0889. The summed E-state index contributed by atoms with van der Waals surface area (Å²) in [6.07, 6.45) is 0. The number of carbonyl (C=O) groups is 1. The number of aryl methyl sites for hydroxylation is 2. The van der Waals surface area contributed by atoms with Crippen molar-refractivity contribution in [1.82, 2.24) is 0 Å². The van der Waals surface area contributed by atoms with Gasteiger partial charge in [0, 0.05) is 16.4 Å². The molecule has 0 aliphatic heterocycles. The van der Waals surface area contributed by atoms with E-state index in [1.54, 1.807) is 30.3 Å². The molecule has 6 nitrogen and oxygen atoms in total. The van der Waals surface area contributed by atoms with E-state index >= 15 is 0 Å². The molecular formula is C22H20BrClN2O4S. The minimum Gasteiger partial charge on any atom is -0.483 e. The van der Waals surface area contributed by atoms with Gasteiger partial charge in [0.1, 0.15) is 5.75 Å². The van der Waals surface area contributed by atoms with Crippen LogP contribution < -0.4 is 14.8 Å². The summed E-state index contributed by atoms with van der Waals surface area (Å²) in [6.45, 7) is 3.59. The summed E-state index contributed by atoms with van der Waals surface area (Å²) < 4.78 is 34.0. The van der Waals surface area contributed by atoms with Crippen LogP contribution >= 0.6 is 27.5 Å². The quantitative estimate of drug-likeness (QED) is 0.426. The predicted octanol–water partition coefficient (Wildman–Crippen LogP) is 5.54. The standard InChI is InChI=1S/C22H20BrClN2O4S/c1-14-9-15(2)11-18(10-14)26-31(28,29)19-6-4-17(5-7-19)25-22(27)13-30-21-8-3-16(24)12-20(21)23/h3-12,26H,13H2,1-2H3,(H,25,27). The van der Waals surface area contributed by atoms with Gasteiger partial charge in [-0.2, -0.15) is 0 Å². The number of hydrogen-bond donors (Lipinski definition) is 2. The van der Waals surface area contributed by atoms with Gasteiger partial charge >= 0.3 is 0 Å². The highest BCUT2D eigenvalue weighted by Crippen LogP contribution is 2.28. The van der Waals surface area contributed by atoms with E-state index in [2.05, 4.69) is 26.0 Å². The van der Waals surface area contributed by atoms with Gasteiger partial charge in [0.2, 0.25) is 0 Å². The van der Waals surface area contributed by atoms with E-state index in [0.29, 0.717) is 26.6 Å². The molecule has 2 N–H and O–H groups in total. The van der Waals surface area contributed by atoms with E-state index in [1.807, 2.05) is 19.9 Å². The molecule has 0 heterocycles. The number of amides is 1. The lowest BCUT2D eigenvalue weighted by Crippen LogP contribution is -2.20. The molecule has 0 aliphatic rings. The summed E-state index contributed by atoms with van der Waals surface area (Å²) >= 11 is 9.20. The Balaban J connectivity index is 1.61. The maximum Gasteiger partial charge on any atom is 0.262 e. The molecule has 0 saturated carbocycles. The topological polar surface area (TPSA) is 84.5 Å². The Morgan fingerprint density at radius 3 is 2.23 bits per heavy atom. The van der Waals surface area contributed by atoms with Gasteiger partial charge in [0.25, 0.3) is 15.9 Å². The van der Waals surface area contributed by atoms with Crippen molar-refractivity contribution in [2.45, 2.75) is 18.7 Å². The van der Waals surface area contributed by atoms with Crippen LogP contribution in [-0.2, 0) is 14.8 Å². The second-order valence-corrected chi connectivity index (χ2v) is 9.89. The van der Waals surface area contributed by atoms with Crippen LogP contribution in [0.15, 0.2) is 70.0 Å². The fourth-order valence-corrected chi connectivity index (χ4v) is 4.74. The van der Waals surface area contributed by atoms with Crippen molar-refractivity contribution in [3.05, 3.63) is 81.3 Å². The van der Waals surface area contributed by atoms with E-state index in [4.69, 9.17) is 16.3 Å². The van der Waals surface area contributed by atoms with E-state index in [0.717, 1.165) is 11.1 Å². The number of benzene rings is 3. The van der Waals surface area contributed by atoms with Crippen LogP contribution in [0.2, 0.25) is 5.02 Å². The number of hydrogen-bond acceptors (Lipinski definition) is 4. The van der Waals surface area contributed by atoms with Gasteiger partial charge in [-0.15, -0.1) is 0 Å². The van der Waals surface area contributed by atoms with Gasteiger partial charge in [-0.05, 0) is 95.5 Å². The van der Waals surface area contributed by atoms with E-state index in [-0.39, 0.29) is 17.4 Å². The predicted molar refractivity (Wildman–Crippen MR) is 126 cm³/mol. The molecule has 0 unspecified atom stereocenters. The maximum atomic E-state index is 12.6. The first-order valence-corrected chi connectivity index (χ1v) is 11.9. The Hall–Kier alpha value is -2.55. The van der Waals surface area contributed by atoms with Crippen molar-refractivity contribution < 1.29 is 17.9 Å². The van der Waals surface area contributed by atoms with Crippen LogP contribution in [0.25, 0.3) is 0 Å². The van der Waals surface area contributed by atoms with Gasteiger partial charge in [0.15, 0.2) is 6.61 Å². The second kappa shape index (κ2) is 9.72. The first-order valence-electron chi connectivity index (χ1n) is 9.21. The highest BCUT2D eigenvalue weighted by atomic mass is 79.9. The lowest BCUT2D eigenvalue weighted by Gasteiger charge is -2.11. The minimum atomic E-state index is -3.75. The van der Waals surface area contributed by atoms with Crippen molar-refractivity contribution in [3.8, 4) is 5.75 Å². The molecule has 9 heteroatoms. The Morgan fingerprint density at radius 1 is 0.968 bits per heavy atom. The van der Waals surface area contributed by atoms with Crippen molar-refractivity contribution in [2.75, 3.05) is 16.6 Å². The van der Waals surface area contributed by atoms with Crippen molar-refractivity contribution in [1.29, 1.82) is 0 Å². The molecule has 1 amide bonds. The number of nitrogens with one attached hydrogen (secondary N) is 2. The molecule has 0 radical (unpaired) electrons. The molecule has 162 valence electrons. The van der Waals surface area contributed by atoms with Crippen LogP contribution in [0, 0.1) is 13.8 Å². The first-order chi connectivity index (χ1) is 14.6. The van der Waals surface area contributed by atoms with Gasteiger partial charge in [-0.1, -0.05) is 17.7 Å². The van der Waals surface area contributed by atoms with Gasteiger partial charge in [-0.3, -0.25) is 9.52 Å². The molecule has 0 aromatic heterocycles. The Morgan fingerprint density at radius 2 is 1.61 bits per heavy atom. The van der Waals surface area contributed by atoms with Crippen LogP contribution in [0.1, 0.15) is 11.1 Å². The summed E-state index contributed by atoms with van der Waals surface area (Å²) in [7, 11) is -3.75. The summed E-state index contributed by atoms with van der Waals surface area (Å²) in [4.78, 5) is 12.2. The van der Waals surface area contributed by atoms with Crippen molar-refractivity contribution in [3.63, 3.8) is 0 Å². The van der Waals surface area contributed by atoms with Crippen LogP contribution in [-0.4, -0.2) is 20.9 Å². The van der Waals surface area contributed by atoms with Crippen molar-refractivity contribution in [2.24, 2.45) is 0 Å². The number of anilines is 2. The third kappa shape index (κ3) is 6.46. The average Bonchev–Trinajstić information content (AvgIpc) is 2.66. The number of sulfonamides is 1. The molecule has 0 aliphatic carbocycles.